The van der Waals surface area contributed by atoms with E-state index in [2.05, 4.69) is 6.92 Å². The van der Waals surface area contributed by atoms with Crippen molar-refractivity contribution in [2.75, 3.05) is 0 Å². The molecule has 0 bridgehead atoms. The van der Waals surface area contributed by atoms with Crippen molar-refractivity contribution in [1.82, 2.24) is 0 Å². The molecule has 4 rings (SSSR count). The van der Waals surface area contributed by atoms with E-state index in [0.29, 0.717) is 5.75 Å². The zero-order valence-electron chi connectivity index (χ0n) is 15.5. The molecule has 2 aromatic carbocycles. The number of allylic oxidation sites excluding steroid dienone is 5. The van der Waals surface area contributed by atoms with Gasteiger partial charge in [-0.05, 0) is 48.4 Å². The third kappa shape index (κ3) is 3.71. The van der Waals surface area contributed by atoms with Crippen LogP contribution in [0.15, 0.2) is 82.1 Å². The van der Waals surface area contributed by atoms with Gasteiger partial charge in [0.15, 0.2) is 0 Å². The Hall–Kier alpha value is -2.56. The molecule has 0 radical (unpaired) electrons. The van der Waals surface area contributed by atoms with Gasteiger partial charge in [0, 0.05) is 20.5 Å². The molecule has 1 aromatic heterocycles. The molecule has 0 aliphatic carbocycles. The van der Waals surface area contributed by atoms with Gasteiger partial charge in [-0.2, -0.15) is 0 Å². The topological polar surface area (TPSA) is 37.3 Å². The number of carbonyl (C=O) groups excluding carboxylic acids is 1. The van der Waals surface area contributed by atoms with Gasteiger partial charge in [-0.15, -0.1) is 11.3 Å². The minimum absolute atomic E-state index is 0.0961. The van der Waals surface area contributed by atoms with Gasteiger partial charge in [-0.25, -0.2) is 0 Å². The molecule has 3 aromatic rings. The van der Waals surface area contributed by atoms with Crippen molar-refractivity contribution in [2.45, 2.75) is 24.7 Å². The van der Waals surface area contributed by atoms with Crippen LogP contribution >= 0.6 is 23.1 Å². The minimum atomic E-state index is 0.0961. The summed E-state index contributed by atoms with van der Waals surface area (Å²) in [6.07, 6.45) is 9.89. The molecule has 28 heavy (non-hydrogen) atoms. The van der Waals surface area contributed by atoms with Gasteiger partial charge >= 0.3 is 0 Å². The third-order valence-electron chi connectivity index (χ3n) is 4.61. The minimum Gasteiger partial charge on any atom is -0.506 e. The van der Waals surface area contributed by atoms with E-state index >= 15 is 0 Å². The highest BCUT2D eigenvalue weighted by Gasteiger charge is 2.24. The van der Waals surface area contributed by atoms with E-state index in [9.17, 15) is 9.90 Å². The Labute approximate surface area is 172 Å². The third-order valence-corrected chi connectivity index (χ3v) is 6.85. The number of hydrogen-bond donors (Lipinski definition) is 1. The lowest BCUT2D eigenvalue weighted by Gasteiger charge is -1.99. The summed E-state index contributed by atoms with van der Waals surface area (Å²) in [4.78, 5) is 15.2. The average Bonchev–Trinajstić information content (AvgIpc) is 3.21. The summed E-state index contributed by atoms with van der Waals surface area (Å²) in [5.74, 6) is 0.432. The van der Waals surface area contributed by atoms with Crippen LogP contribution in [0.25, 0.3) is 16.2 Å². The van der Waals surface area contributed by atoms with Crippen LogP contribution < -0.4 is 0 Å². The highest BCUT2D eigenvalue weighted by molar-refractivity contribution is 8.04. The molecule has 140 valence electrons. The molecule has 0 spiro atoms. The molecule has 2 nitrogen and oxygen atoms in total. The second-order valence-electron chi connectivity index (χ2n) is 6.59. The fourth-order valence-electron chi connectivity index (χ4n) is 3.19. The number of hydrogen-bond acceptors (Lipinski definition) is 4. The van der Waals surface area contributed by atoms with Crippen molar-refractivity contribution < 1.29 is 9.90 Å². The Kier molecular flexibility index (Phi) is 5.51. The maximum Gasteiger partial charge on any atom is 0.200 e. The molecule has 0 saturated heterocycles. The van der Waals surface area contributed by atoms with Gasteiger partial charge < -0.3 is 5.11 Å². The summed E-state index contributed by atoms with van der Waals surface area (Å²) >= 11 is 3.11. The van der Waals surface area contributed by atoms with E-state index in [0.717, 1.165) is 48.7 Å². The van der Waals surface area contributed by atoms with Gasteiger partial charge in [0.2, 0.25) is 5.78 Å². The van der Waals surface area contributed by atoms with Crippen molar-refractivity contribution in [2.24, 2.45) is 0 Å². The molecule has 0 unspecified atom stereocenters. The van der Waals surface area contributed by atoms with Crippen LogP contribution in [0, 0.1) is 0 Å². The quantitative estimate of drug-likeness (QED) is 0.360. The summed E-state index contributed by atoms with van der Waals surface area (Å²) in [5, 5.41) is 11.3. The smallest absolute Gasteiger partial charge is 0.200 e. The van der Waals surface area contributed by atoms with Gasteiger partial charge in [-0.1, -0.05) is 61.5 Å². The molecule has 0 atom stereocenters. The Bertz CT molecular complexity index is 1130. The average molecular weight is 405 g/mol. The number of thioether (sulfide) groups is 1. The predicted octanol–water partition coefficient (Wildman–Crippen LogP) is 7.22. The monoisotopic (exact) mass is 404 g/mol. The Morgan fingerprint density at radius 1 is 1.11 bits per heavy atom. The summed E-state index contributed by atoms with van der Waals surface area (Å²) in [6, 6.07) is 15.6. The summed E-state index contributed by atoms with van der Waals surface area (Å²) in [7, 11) is 0. The second kappa shape index (κ2) is 8.21. The molecular formula is C24H20O2S2. The lowest BCUT2D eigenvalue weighted by Crippen LogP contribution is -1.93. The van der Waals surface area contributed by atoms with Crippen molar-refractivity contribution in [3.05, 3.63) is 87.7 Å². The van der Waals surface area contributed by atoms with Crippen LogP contribution in [0.3, 0.4) is 0 Å². The maximum atomic E-state index is 12.5. The number of aromatic hydroxyl groups is 1. The first-order valence-electron chi connectivity index (χ1n) is 9.28. The molecule has 0 saturated carbocycles. The number of carbonyl (C=O) groups is 1. The molecule has 1 aliphatic rings. The molecule has 1 N–H and O–H groups in total. The second-order valence-corrected chi connectivity index (χ2v) is 8.76. The van der Waals surface area contributed by atoms with Gasteiger partial charge in [0.05, 0.1) is 9.78 Å². The zero-order chi connectivity index (χ0) is 19.5. The van der Waals surface area contributed by atoms with Crippen molar-refractivity contribution >= 4 is 45.0 Å². The van der Waals surface area contributed by atoms with E-state index in [4.69, 9.17) is 0 Å². The van der Waals surface area contributed by atoms with Crippen LogP contribution in [0.1, 0.15) is 35.0 Å². The summed E-state index contributed by atoms with van der Waals surface area (Å²) in [5.41, 5.74) is 1.92. The van der Waals surface area contributed by atoms with Crippen molar-refractivity contribution in [3.63, 3.8) is 0 Å². The molecule has 1 aliphatic heterocycles. The number of Topliss-reactive ketones (excluding diaryl/α,β-unsaturated/α-hetero) is 1. The molecule has 2 heterocycles. The fraction of sp³-hybridized carbons (Fsp3) is 0.125. The Morgan fingerprint density at radius 2 is 1.89 bits per heavy atom. The van der Waals surface area contributed by atoms with Crippen LogP contribution in [0.4, 0.5) is 0 Å². The highest BCUT2D eigenvalue weighted by Crippen LogP contribution is 2.40. The van der Waals surface area contributed by atoms with Crippen LogP contribution in [0.5, 0.6) is 5.75 Å². The zero-order valence-corrected chi connectivity index (χ0v) is 17.1. The lowest BCUT2D eigenvalue weighted by molar-refractivity contribution is 0.104. The van der Waals surface area contributed by atoms with Gasteiger partial charge in [0.25, 0.3) is 0 Å². The maximum absolute atomic E-state index is 12.5. The van der Waals surface area contributed by atoms with Crippen molar-refractivity contribution in [1.29, 1.82) is 0 Å². The lowest BCUT2D eigenvalue weighted by atomic mass is 10.1. The highest BCUT2D eigenvalue weighted by atomic mass is 32.2. The molecule has 0 amide bonds. The Balaban J connectivity index is 1.60. The molecule has 4 heteroatoms. The number of fused-ring (bicyclic) bond motifs is 2. The molecular weight excluding hydrogens is 384 g/mol. The standard InChI is InChI=1S/C24H20O2S2/c1-2-7-16(12-14-21-23(25)17-8-3-5-10-19(17)27-21)13-15-22-24(26)18-9-4-6-11-20(18)28-22/h3-6,8-15,25H,2,7H2,1H3/b14-12+,16-13+,22-15-. The number of benzene rings is 2. The SMILES string of the molecule is CCCC(/C=C/c1sc2ccccc2c1O)=C\C=C1/Sc2ccccc2C1=O. The first-order valence-corrected chi connectivity index (χ1v) is 10.9. The van der Waals surface area contributed by atoms with Crippen LogP contribution in [-0.4, -0.2) is 10.9 Å². The van der Waals surface area contributed by atoms with E-state index in [-0.39, 0.29) is 5.78 Å². The molecule has 0 fully saturated rings. The number of thiophene rings is 1. The van der Waals surface area contributed by atoms with E-state index in [1.54, 1.807) is 11.3 Å². The first kappa shape index (κ1) is 18.8. The summed E-state index contributed by atoms with van der Waals surface area (Å²) < 4.78 is 1.08. The predicted molar refractivity (Wildman–Crippen MR) is 120 cm³/mol. The van der Waals surface area contributed by atoms with E-state index < -0.39 is 0 Å². The summed E-state index contributed by atoms with van der Waals surface area (Å²) in [6.45, 7) is 2.14. The Morgan fingerprint density at radius 3 is 2.68 bits per heavy atom. The fourth-order valence-corrected chi connectivity index (χ4v) is 5.18. The number of rotatable bonds is 5. The van der Waals surface area contributed by atoms with E-state index in [1.807, 2.05) is 72.8 Å². The van der Waals surface area contributed by atoms with Crippen LogP contribution in [0.2, 0.25) is 0 Å². The van der Waals surface area contributed by atoms with Crippen molar-refractivity contribution in [3.8, 4) is 5.75 Å². The van der Waals surface area contributed by atoms with Crippen LogP contribution in [-0.2, 0) is 0 Å². The largest absolute Gasteiger partial charge is 0.506 e. The van der Waals surface area contributed by atoms with E-state index in [1.165, 1.54) is 11.8 Å². The number of ketones is 1. The first-order chi connectivity index (χ1) is 13.7. The normalized spacial score (nSPS) is 15.8. The van der Waals surface area contributed by atoms with Gasteiger partial charge in [0.1, 0.15) is 5.75 Å². The van der Waals surface area contributed by atoms with Gasteiger partial charge in [-0.3, -0.25) is 4.79 Å².